The van der Waals surface area contributed by atoms with Crippen molar-refractivity contribution in [2.45, 2.75) is 12.8 Å². The van der Waals surface area contributed by atoms with Gasteiger partial charge in [-0.05, 0) is 44.3 Å². The van der Waals surface area contributed by atoms with Crippen LogP contribution in [0.4, 0.5) is 0 Å². The zero-order valence-electron chi connectivity index (χ0n) is 10.8. The van der Waals surface area contributed by atoms with Gasteiger partial charge in [0.25, 0.3) is 0 Å². The number of hydrogen-bond donors (Lipinski definition) is 0. The summed E-state index contributed by atoms with van der Waals surface area (Å²) in [6.07, 6.45) is 2.98. The Bertz CT molecular complexity index is 226. The van der Waals surface area contributed by atoms with Gasteiger partial charge in [0, 0.05) is 19.6 Å². The first kappa shape index (κ1) is 13.9. The molecule has 0 N–H and O–H groups in total. The minimum Gasteiger partial charge on any atom is -0.660 e. The van der Waals surface area contributed by atoms with Crippen molar-refractivity contribution >= 4 is 0 Å². The Morgan fingerprint density at radius 2 is 1.81 bits per heavy atom. The van der Waals surface area contributed by atoms with Crippen LogP contribution in [0.5, 0.6) is 0 Å². The Kier molecular flexibility index (Phi) is 4.93. The molecule has 0 radical (unpaired) electrons. The summed E-state index contributed by atoms with van der Waals surface area (Å²) >= 11 is 0. The Morgan fingerprint density at radius 1 is 1.19 bits per heavy atom. The van der Waals surface area contributed by atoms with Gasteiger partial charge in [-0.25, -0.2) is 0 Å². The van der Waals surface area contributed by atoms with E-state index in [0.717, 1.165) is 24.4 Å². The summed E-state index contributed by atoms with van der Waals surface area (Å²) in [6.45, 7) is 8.63. The molecule has 0 atom stereocenters. The molecule has 86 valence electrons. The van der Waals surface area contributed by atoms with E-state index in [1.807, 2.05) is 0 Å². The molecule has 4 heteroatoms. The summed E-state index contributed by atoms with van der Waals surface area (Å²) in [6, 6.07) is 0. The topological polar surface area (TPSA) is 20.6 Å². The van der Waals surface area contributed by atoms with Crippen LogP contribution in [0.3, 0.4) is 0 Å². The summed E-state index contributed by atoms with van der Waals surface area (Å²) < 4.78 is 0. The molecule has 1 saturated carbocycles. The zero-order chi connectivity index (χ0) is 10.3. The summed E-state index contributed by atoms with van der Waals surface area (Å²) in [5.74, 6) is 0.997. The Morgan fingerprint density at radius 3 is 2.38 bits per heavy atom. The smallest absolute Gasteiger partial charge is 0.660 e. The summed E-state index contributed by atoms with van der Waals surface area (Å²) in [5.41, 5.74) is 0.763. The minimum atomic E-state index is 0. The molecule has 0 aromatic carbocycles. The molecule has 0 amide bonds. The molecule has 0 aromatic rings. The van der Waals surface area contributed by atoms with Gasteiger partial charge in [0.1, 0.15) is 0 Å². The van der Waals surface area contributed by atoms with Gasteiger partial charge in [0.15, 0.2) is 0 Å². The van der Waals surface area contributed by atoms with Crippen molar-refractivity contribution in [2.24, 2.45) is 11.3 Å². The van der Waals surface area contributed by atoms with E-state index in [2.05, 4.69) is 22.2 Å². The molecule has 0 aromatic heterocycles. The van der Waals surface area contributed by atoms with E-state index in [9.17, 15) is 0 Å². The van der Waals surface area contributed by atoms with Crippen molar-refractivity contribution in [3.05, 3.63) is 5.32 Å². The number of rotatable bonds is 2. The second-order valence-electron chi connectivity index (χ2n) is 5.92. The number of nitrogens with zero attached hydrogens (tertiary/aromatic N) is 3. The number of likely N-dealkylation sites (tertiary alicyclic amines) is 1. The van der Waals surface area contributed by atoms with Crippen LogP contribution < -0.4 is 51.4 Å². The molecule has 3 rings (SSSR count). The van der Waals surface area contributed by atoms with Gasteiger partial charge in [-0.3, -0.25) is 0 Å². The molecule has 1 spiro atoms. The fourth-order valence-electron chi connectivity index (χ4n) is 3.85. The van der Waals surface area contributed by atoms with Crippen LogP contribution in [-0.2, 0) is 0 Å². The SMILES string of the molecule is CN1CC2(CC(CN3CC[N-]CC3)C2)C1.[K+]. The molecule has 3 fully saturated rings. The van der Waals surface area contributed by atoms with Crippen LogP contribution in [-0.4, -0.2) is 62.7 Å². The summed E-state index contributed by atoms with van der Waals surface area (Å²) in [5, 5.41) is 4.40. The van der Waals surface area contributed by atoms with Gasteiger partial charge in [0.05, 0.1) is 0 Å². The van der Waals surface area contributed by atoms with Crippen molar-refractivity contribution in [3.63, 3.8) is 0 Å². The van der Waals surface area contributed by atoms with Gasteiger partial charge in [-0.2, -0.15) is 0 Å². The first-order valence-electron chi connectivity index (χ1n) is 6.30. The minimum absolute atomic E-state index is 0. The van der Waals surface area contributed by atoms with Gasteiger partial charge >= 0.3 is 51.4 Å². The molecule has 0 unspecified atom stereocenters. The first-order chi connectivity index (χ1) is 7.26. The van der Waals surface area contributed by atoms with Crippen LogP contribution >= 0.6 is 0 Å². The Hall–Kier alpha value is 1.52. The van der Waals surface area contributed by atoms with E-state index in [-0.39, 0.29) is 51.4 Å². The predicted molar refractivity (Wildman–Crippen MR) is 62.2 cm³/mol. The quantitative estimate of drug-likeness (QED) is 0.527. The number of piperazine rings is 1. The molecule has 16 heavy (non-hydrogen) atoms. The van der Waals surface area contributed by atoms with E-state index < -0.39 is 0 Å². The molecular weight excluding hydrogens is 225 g/mol. The van der Waals surface area contributed by atoms with Gasteiger partial charge < -0.3 is 15.1 Å². The predicted octanol–water partition coefficient (Wildman–Crippen LogP) is -1.98. The van der Waals surface area contributed by atoms with E-state index in [4.69, 9.17) is 0 Å². The van der Waals surface area contributed by atoms with Crippen LogP contribution in [0.25, 0.3) is 5.32 Å². The van der Waals surface area contributed by atoms with E-state index >= 15 is 0 Å². The zero-order valence-corrected chi connectivity index (χ0v) is 13.9. The van der Waals surface area contributed by atoms with Crippen molar-refractivity contribution in [1.29, 1.82) is 0 Å². The van der Waals surface area contributed by atoms with Gasteiger partial charge in [-0.1, -0.05) is 0 Å². The summed E-state index contributed by atoms with van der Waals surface area (Å²) in [7, 11) is 2.24. The Labute approximate surface area is 142 Å². The monoisotopic (exact) mass is 247 g/mol. The van der Waals surface area contributed by atoms with Crippen molar-refractivity contribution in [2.75, 3.05) is 52.9 Å². The molecule has 1 aliphatic carbocycles. The third-order valence-corrected chi connectivity index (χ3v) is 4.32. The van der Waals surface area contributed by atoms with Gasteiger partial charge in [-0.15, -0.1) is 13.1 Å². The van der Waals surface area contributed by atoms with Crippen LogP contribution in [0.1, 0.15) is 12.8 Å². The van der Waals surface area contributed by atoms with E-state index in [1.54, 1.807) is 0 Å². The molecule has 3 nitrogen and oxygen atoms in total. The standard InChI is InChI=1S/C12H22N3.K/c1-14-9-12(10-14)6-11(7-12)8-15-4-2-13-3-5-15;/h11H,2-10H2,1H3;/q-1;+1. The van der Waals surface area contributed by atoms with E-state index in [1.165, 1.54) is 45.6 Å². The maximum Gasteiger partial charge on any atom is 1.00 e. The van der Waals surface area contributed by atoms with Crippen molar-refractivity contribution < 1.29 is 51.4 Å². The second-order valence-corrected chi connectivity index (χ2v) is 5.92. The molecule has 0 bridgehead atoms. The maximum atomic E-state index is 4.40. The van der Waals surface area contributed by atoms with Crippen LogP contribution in [0.2, 0.25) is 0 Å². The number of hydrogen-bond acceptors (Lipinski definition) is 2. The van der Waals surface area contributed by atoms with Gasteiger partial charge in [0.2, 0.25) is 0 Å². The van der Waals surface area contributed by atoms with Crippen molar-refractivity contribution in [1.82, 2.24) is 9.80 Å². The fourth-order valence-corrected chi connectivity index (χ4v) is 3.85. The molecule has 2 aliphatic heterocycles. The summed E-state index contributed by atoms with van der Waals surface area (Å²) in [4.78, 5) is 5.07. The van der Waals surface area contributed by atoms with Crippen LogP contribution in [0, 0.1) is 11.3 Å². The average Bonchev–Trinajstić information content (AvgIpc) is 2.14. The maximum absolute atomic E-state index is 4.40. The molecule has 3 aliphatic rings. The van der Waals surface area contributed by atoms with Crippen LogP contribution in [0.15, 0.2) is 0 Å². The van der Waals surface area contributed by atoms with Crippen molar-refractivity contribution in [3.8, 4) is 0 Å². The molecule has 2 saturated heterocycles. The van der Waals surface area contributed by atoms with E-state index in [0.29, 0.717) is 0 Å². The third-order valence-electron chi connectivity index (χ3n) is 4.32. The third kappa shape index (κ3) is 2.91. The average molecular weight is 247 g/mol. The first-order valence-corrected chi connectivity index (χ1v) is 6.30. The molecule has 2 heterocycles. The molecular formula is C12H22KN3. The fraction of sp³-hybridized carbons (Fsp3) is 1.00. The normalized spacial score (nSPS) is 30.6. The largest absolute Gasteiger partial charge is 1.00 e. The Balaban J connectivity index is 0.000000963. The second kappa shape index (κ2) is 5.66.